The van der Waals surface area contributed by atoms with E-state index in [1.165, 1.54) is 4.68 Å². The molecule has 1 unspecified atom stereocenters. The molecular formula is C12H11F3N4. The summed E-state index contributed by atoms with van der Waals surface area (Å²) < 4.78 is 38.9. The molecule has 1 atom stereocenters. The van der Waals surface area contributed by atoms with Crippen LogP contribution >= 0.6 is 0 Å². The van der Waals surface area contributed by atoms with Crippen LogP contribution in [-0.2, 0) is 12.7 Å². The fourth-order valence-electron chi connectivity index (χ4n) is 2.16. The van der Waals surface area contributed by atoms with Gasteiger partial charge in [0.25, 0.3) is 5.82 Å². The summed E-state index contributed by atoms with van der Waals surface area (Å²) >= 11 is 0. The van der Waals surface area contributed by atoms with Gasteiger partial charge in [0.05, 0.1) is 6.54 Å². The number of nitrogens with zero attached hydrogens (tertiary/aromatic N) is 3. The van der Waals surface area contributed by atoms with Gasteiger partial charge < -0.3 is 5.32 Å². The monoisotopic (exact) mass is 268 g/mol. The van der Waals surface area contributed by atoms with Crippen molar-refractivity contribution in [2.75, 3.05) is 11.9 Å². The molecule has 1 aliphatic heterocycles. The maximum atomic E-state index is 12.5. The molecule has 3 rings (SSSR count). The van der Waals surface area contributed by atoms with Gasteiger partial charge in [0.2, 0.25) is 5.95 Å². The molecule has 0 saturated carbocycles. The van der Waals surface area contributed by atoms with E-state index in [-0.39, 0.29) is 11.9 Å². The summed E-state index contributed by atoms with van der Waals surface area (Å²) in [6, 6.07) is 9.64. The Hall–Kier alpha value is -2.05. The molecule has 0 bridgehead atoms. The number of alkyl halides is 3. The van der Waals surface area contributed by atoms with E-state index in [0.717, 1.165) is 5.56 Å². The molecule has 1 aliphatic rings. The number of rotatable bonds is 1. The van der Waals surface area contributed by atoms with Crippen LogP contribution < -0.4 is 5.32 Å². The van der Waals surface area contributed by atoms with Gasteiger partial charge in [-0.2, -0.15) is 18.2 Å². The number of aromatic nitrogens is 3. The van der Waals surface area contributed by atoms with E-state index in [1.807, 2.05) is 30.3 Å². The molecule has 1 aromatic carbocycles. The summed E-state index contributed by atoms with van der Waals surface area (Å²) in [4.78, 5) is 3.47. The van der Waals surface area contributed by atoms with Crippen molar-refractivity contribution < 1.29 is 13.2 Å². The molecule has 0 aliphatic carbocycles. The first-order valence-electron chi connectivity index (χ1n) is 5.85. The highest BCUT2D eigenvalue weighted by molar-refractivity contribution is 5.32. The number of hydrogen-bond acceptors (Lipinski definition) is 3. The summed E-state index contributed by atoms with van der Waals surface area (Å²) in [5.41, 5.74) is 1.07. The third kappa shape index (κ3) is 2.27. The van der Waals surface area contributed by atoms with Crippen LogP contribution in [0.2, 0.25) is 0 Å². The quantitative estimate of drug-likeness (QED) is 0.864. The SMILES string of the molecule is FC(F)(F)c1nc2n(n1)CC(c1ccccc1)CN2. The second-order valence-electron chi connectivity index (χ2n) is 4.43. The molecular weight excluding hydrogens is 257 g/mol. The normalized spacial score (nSPS) is 18.8. The van der Waals surface area contributed by atoms with Crippen molar-refractivity contribution in [2.24, 2.45) is 0 Å². The van der Waals surface area contributed by atoms with Crippen LogP contribution in [0.1, 0.15) is 17.3 Å². The van der Waals surface area contributed by atoms with Crippen molar-refractivity contribution in [1.29, 1.82) is 0 Å². The van der Waals surface area contributed by atoms with Crippen LogP contribution in [0.4, 0.5) is 19.1 Å². The van der Waals surface area contributed by atoms with Gasteiger partial charge >= 0.3 is 6.18 Å². The lowest BCUT2D eigenvalue weighted by Gasteiger charge is -2.23. The van der Waals surface area contributed by atoms with Crippen molar-refractivity contribution >= 4 is 5.95 Å². The fourth-order valence-corrected chi connectivity index (χ4v) is 2.16. The zero-order chi connectivity index (χ0) is 13.5. The molecule has 19 heavy (non-hydrogen) atoms. The molecule has 0 fully saturated rings. The van der Waals surface area contributed by atoms with Gasteiger partial charge in [-0.15, -0.1) is 5.10 Å². The third-order valence-electron chi connectivity index (χ3n) is 3.10. The number of halogens is 3. The summed E-state index contributed by atoms with van der Waals surface area (Å²) in [5.74, 6) is -0.820. The average Bonchev–Trinajstić information content (AvgIpc) is 2.82. The zero-order valence-electron chi connectivity index (χ0n) is 9.85. The lowest BCUT2D eigenvalue weighted by molar-refractivity contribution is -0.144. The molecule has 2 heterocycles. The molecule has 2 aromatic rings. The molecule has 4 nitrogen and oxygen atoms in total. The van der Waals surface area contributed by atoms with E-state index < -0.39 is 12.0 Å². The highest BCUT2D eigenvalue weighted by Gasteiger charge is 2.38. The summed E-state index contributed by atoms with van der Waals surface area (Å²) in [6.07, 6.45) is -4.51. The van der Waals surface area contributed by atoms with Crippen molar-refractivity contribution in [3.8, 4) is 0 Å². The molecule has 0 spiro atoms. The van der Waals surface area contributed by atoms with Crippen molar-refractivity contribution in [2.45, 2.75) is 18.6 Å². The van der Waals surface area contributed by atoms with E-state index in [0.29, 0.717) is 13.1 Å². The Labute approximate surface area is 107 Å². The van der Waals surface area contributed by atoms with Gasteiger partial charge in [0.1, 0.15) is 0 Å². The number of anilines is 1. The Balaban J connectivity index is 1.86. The number of fused-ring (bicyclic) bond motifs is 1. The minimum absolute atomic E-state index is 0.0940. The maximum Gasteiger partial charge on any atom is 0.453 e. The Morgan fingerprint density at radius 2 is 1.95 bits per heavy atom. The van der Waals surface area contributed by atoms with Crippen LogP contribution in [0.15, 0.2) is 30.3 Å². The standard InChI is InChI=1S/C12H11F3N4/c13-12(14,15)10-17-11-16-6-9(7-19(11)18-10)8-4-2-1-3-5-8/h1-5,9H,6-7H2,(H,16,17,18). The zero-order valence-corrected chi connectivity index (χ0v) is 9.85. The predicted octanol–water partition coefficient (Wildman–Crippen LogP) is 2.51. The first-order chi connectivity index (χ1) is 9.04. The van der Waals surface area contributed by atoms with Crippen LogP contribution in [0.25, 0.3) is 0 Å². The summed E-state index contributed by atoms with van der Waals surface area (Å²) in [5, 5.41) is 6.41. The molecule has 7 heteroatoms. The molecule has 0 saturated heterocycles. The molecule has 100 valence electrons. The van der Waals surface area contributed by atoms with E-state index in [9.17, 15) is 13.2 Å². The summed E-state index contributed by atoms with van der Waals surface area (Å²) in [6.45, 7) is 0.954. The van der Waals surface area contributed by atoms with E-state index in [4.69, 9.17) is 0 Å². The van der Waals surface area contributed by atoms with Gasteiger partial charge in [0.15, 0.2) is 0 Å². The molecule has 0 amide bonds. The Bertz CT molecular complexity index is 576. The lowest BCUT2D eigenvalue weighted by atomic mass is 9.98. The topological polar surface area (TPSA) is 42.7 Å². The van der Waals surface area contributed by atoms with Crippen LogP contribution in [0, 0.1) is 0 Å². The highest BCUT2D eigenvalue weighted by Crippen LogP contribution is 2.30. The summed E-state index contributed by atoms with van der Waals surface area (Å²) in [7, 11) is 0. The molecule has 0 radical (unpaired) electrons. The number of nitrogens with one attached hydrogen (secondary N) is 1. The van der Waals surface area contributed by atoms with Gasteiger partial charge in [-0.05, 0) is 5.56 Å². The maximum absolute atomic E-state index is 12.5. The predicted molar refractivity (Wildman–Crippen MR) is 62.7 cm³/mol. The third-order valence-corrected chi connectivity index (χ3v) is 3.10. The van der Waals surface area contributed by atoms with Crippen LogP contribution in [0.3, 0.4) is 0 Å². The average molecular weight is 268 g/mol. The minimum atomic E-state index is -4.51. The van der Waals surface area contributed by atoms with Crippen molar-refractivity contribution in [1.82, 2.24) is 14.8 Å². The largest absolute Gasteiger partial charge is 0.453 e. The van der Waals surface area contributed by atoms with Crippen LogP contribution in [0.5, 0.6) is 0 Å². The highest BCUT2D eigenvalue weighted by atomic mass is 19.4. The van der Waals surface area contributed by atoms with Gasteiger partial charge in [-0.1, -0.05) is 30.3 Å². The Morgan fingerprint density at radius 3 is 2.63 bits per heavy atom. The van der Waals surface area contributed by atoms with Gasteiger partial charge in [-0.25, -0.2) is 4.68 Å². The Kier molecular flexibility index (Phi) is 2.69. The van der Waals surface area contributed by atoms with Gasteiger partial charge in [0, 0.05) is 12.5 Å². The van der Waals surface area contributed by atoms with E-state index >= 15 is 0 Å². The van der Waals surface area contributed by atoms with E-state index in [2.05, 4.69) is 15.4 Å². The second-order valence-corrected chi connectivity index (χ2v) is 4.43. The first-order valence-corrected chi connectivity index (χ1v) is 5.85. The smallest absolute Gasteiger partial charge is 0.354 e. The van der Waals surface area contributed by atoms with Crippen molar-refractivity contribution in [3.63, 3.8) is 0 Å². The van der Waals surface area contributed by atoms with Gasteiger partial charge in [-0.3, -0.25) is 0 Å². The fraction of sp³-hybridized carbons (Fsp3) is 0.333. The Morgan fingerprint density at radius 1 is 1.21 bits per heavy atom. The van der Waals surface area contributed by atoms with E-state index in [1.54, 1.807) is 0 Å². The minimum Gasteiger partial charge on any atom is -0.354 e. The first kappa shape index (κ1) is 12.0. The molecule has 1 N–H and O–H groups in total. The lowest BCUT2D eigenvalue weighted by Crippen LogP contribution is -2.26. The number of hydrogen-bond donors (Lipinski definition) is 1. The van der Waals surface area contributed by atoms with Crippen molar-refractivity contribution in [3.05, 3.63) is 41.7 Å². The van der Waals surface area contributed by atoms with Crippen LogP contribution in [-0.4, -0.2) is 21.3 Å². The molecule has 1 aromatic heterocycles. The number of benzene rings is 1. The second kappa shape index (κ2) is 4.25.